The Labute approximate surface area is 325 Å². The molecule has 1 aromatic heterocycles. The van der Waals surface area contributed by atoms with Crippen molar-refractivity contribution in [2.45, 2.75) is 0 Å². The van der Waals surface area contributed by atoms with Gasteiger partial charge in [-0.25, -0.2) is 0 Å². The minimum Gasteiger partial charge on any atom is -0.311 e. The molecule has 0 aliphatic heterocycles. The first-order chi connectivity index (χ1) is 27.8. The second kappa shape index (κ2) is 13.2. The predicted molar refractivity (Wildman–Crippen MR) is 239 cm³/mol. The fourth-order valence-electron chi connectivity index (χ4n) is 8.81. The Balaban J connectivity index is 1.01. The van der Waals surface area contributed by atoms with E-state index in [-0.39, 0.29) is 0 Å². The van der Waals surface area contributed by atoms with E-state index < -0.39 is 0 Å². The Morgan fingerprint density at radius 1 is 0.304 bits per heavy atom. The van der Waals surface area contributed by atoms with Crippen molar-refractivity contribution in [1.29, 1.82) is 0 Å². The molecule has 2 nitrogen and oxygen atoms in total. The van der Waals surface area contributed by atoms with Crippen molar-refractivity contribution in [3.8, 4) is 27.9 Å². The van der Waals surface area contributed by atoms with Gasteiger partial charge in [0.25, 0.3) is 0 Å². The molecule has 0 fully saturated rings. The molecule has 0 unspecified atom stereocenters. The van der Waals surface area contributed by atoms with Crippen molar-refractivity contribution in [2.75, 3.05) is 4.90 Å². The van der Waals surface area contributed by atoms with Crippen LogP contribution in [0.25, 0.3) is 82.1 Å². The van der Waals surface area contributed by atoms with E-state index in [1.54, 1.807) is 0 Å². The fourth-order valence-corrected chi connectivity index (χ4v) is 8.81. The summed E-state index contributed by atoms with van der Waals surface area (Å²) in [5.74, 6) is 0. The molecule has 0 radical (unpaired) electrons. The van der Waals surface area contributed by atoms with Gasteiger partial charge in [-0.2, -0.15) is 0 Å². The summed E-state index contributed by atoms with van der Waals surface area (Å²) in [6, 6.07) is 79.3. The summed E-state index contributed by atoms with van der Waals surface area (Å²) in [5, 5.41) is 10.2. The molecule has 2 heteroatoms. The van der Waals surface area contributed by atoms with Crippen molar-refractivity contribution in [3.05, 3.63) is 218 Å². The lowest BCUT2D eigenvalue weighted by molar-refractivity contribution is 1.18. The first kappa shape index (κ1) is 32.0. The maximum absolute atomic E-state index is 2.44. The van der Waals surface area contributed by atoms with Crippen molar-refractivity contribution in [3.63, 3.8) is 0 Å². The molecule has 0 saturated carbocycles. The Morgan fingerprint density at radius 3 is 1.59 bits per heavy atom. The molecule has 0 atom stereocenters. The van der Waals surface area contributed by atoms with Crippen molar-refractivity contribution in [1.82, 2.24) is 4.57 Å². The first-order valence-electron chi connectivity index (χ1n) is 19.3. The lowest BCUT2D eigenvalue weighted by Crippen LogP contribution is -2.09. The van der Waals surface area contributed by atoms with Gasteiger partial charge in [-0.05, 0) is 110 Å². The van der Waals surface area contributed by atoms with Gasteiger partial charge < -0.3 is 9.47 Å². The van der Waals surface area contributed by atoms with E-state index in [4.69, 9.17) is 0 Å². The second-order valence-corrected chi connectivity index (χ2v) is 14.5. The van der Waals surface area contributed by atoms with Crippen LogP contribution in [0.2, 0.25) is 0 Å². The van der Waals surface area contributed by atoms with E-state index in [9.17, 15) is 0 Å². The quantitative estimate of drug-likeness (QED) is 0.156. The van der Waals surface area contributed by atoms with Gasteiger partial charge in [0.2, 0.25) is 0 Å². The average molecular weight is 713 g/mol. The van der Waals surface area contributed by atoms with Crippen LogP contribution in [-0.4, -0.2) is 4.57 Å². The number of aromatic nitrogens is 1. The van der Waals surface area contributed by atoms with Crippen LogP contribution < -0.4 is 4.90 Å². The summed E-state index contributed by atoms with van der Waals surface area (Å²) in [6.07, 6.45) is 0. The number of anilines is 3. The van der Waals surface area contributed by atoms with Crippen molar-refractivity contribution < 1.29 is 0 Å². The average Bonchev–Trinajstić information content (AvgIpc) is 3.62. The van der Waals surface area contributed by atoms with Gasteiger partial charge >= 0.3 is 0 Å². The molecule has 10 aromatic carbocycles. The topological polar surface area (TPSA) is 8.17 Å². The lowest BCUT2D eigenvalue weighted by Gasteiger charge is -2.26. The van der Waals surface area contributed by atoms with Gasteiger partial charge in [-0.3, -0.25) is 0 Å². The van der Waals surface area contributed by atoms with E-state index in [0.717, 1.165) is 17.1 Å². The van der Waals surface area contributed by atoms with E-state index >= 15 is 0 Å². The van der Waals surface area contributed by atoms with Gasteiger partial charge in [0.15, 0.2) is 0 Å². The normalized spacial score (nSPS) is 11.6. The van der Waals surface area contributed by atoms with Crippen molar-refractivity contribution in [2.24, 2.45) is 0 Å². The molecular weight excluding hydrogens is 677 g/mol. The van der Waals surface area contributed by atoms with Gasteiger partial charge in [0, 0.05) is 33.4 Å². The summed E-state index contributed by atoms with van der Waals surface area (Å²) >= 11 is 0. The number of hydrogen-bond donors (Lipinski definition) is 0. The number of benzene rings is 10. The molecule has 1 heterocycles. The molecule has 0 spiro atoms. The summed E-state index contributed by atoms with van der Waals surface area (Å²) in [5.41, 5.74) is 11.7. The van der Waals surface area contributed by atoms with E-state index in [1.807, 2.05) is 0 Å². The highest BCUT2D eigenvalue weighted by atomic mass is 15.1. The Hall–Kier alpha value is -7.42. The highest BCUT2D eigenvalue weighted by Gasteiger charge is 2.18. The highest BCUT2D eigenvalue weighted by molar-refractivity contribution is 6.21. The molecule has 0 bridgehead atoms. The highest BCUT2D eigenvalue weighted by Crippen LogP contribution is 2.42. The maximum atomic E-state index is 2.44. The SMILES string of the molecule is c1ccc(N(c2ccc(-c3ccccc3-n3c4ccccc4c4c5ccccc5ccc43)cc2)c2ccc(-c3cc4ccccc4c4ccccc34)cc2)cc1. The standard InChI is InChI=1S/C54H36N2/c1-2-16-41(17-3-1)55(43-33-28-39(29-34-43)50-36-40-15-5-6-18-44(40)47-21-8-9-22-48(47)50)42-31-26-38(27-32-42)45-19-10-12-24-51(45)56-52-25-13-11-23-49(52)54-46-20-7-4-14-37(46)30-35-53(54)56/h1-36H. The third-order valence-corrected chi connectivity index (χ3v) is 11.4. The predicted octanol–water partition coefficient (Wildman–Crippen LogP) is 15.0. The van der Waals surface area contributed by atoms with Crippen LogP contribution in [0.4, 0.5) is 17.1 Å². The summed E-state index contributed by atoms with van der Waals surface area (Å²) < 4.78 is 2.44. The molecule has 0 N–H and O–H groups in total. The Kier molecular flexibility index (Phi) is 7.53. The number of nitrogens with zero attached hydrogens (tertiary/aromatic N) is 2. The number of fused-ring (bicyclic) bond motifs is 8. The largest absolute Gasteiger partial charge is 0.311 e. The van der Waals surface area contributed by atoms with Crippen LogP contribution in [0.1, 0.15) is 0 Å². The summed E-state index contributed by atoms with van der Waals surface area (Å²) in [6.45, 7) is 0. The first-order valence-corrected chi connectivity index (χ1v) is 19.3. The number of para-hydroxylation sites is 3. The van der Waals surface area contributed by atoms with Crippen LogP contribution in [0.3, 0.4) is 0 Å². The van der Waals surface area contributed by atoms with Crippen LogP contribution in [0.5, 0.6) is 0 Å². The second-order valence-electron chi connectivity index (χ2n) is 14.5. The van der Waals surface area contributed by atoms with Crippen LogP contribution in [-0.2, 0) is 0 Å². The molecule has 11 rings (SSSR count). The van der Waals surface area contributed by atoms with Crippen LogP contribution >= 0.6 is 0 Å². The summed E-state index contributed by atoms with van der Waals surface area (Å²) in [4.78, 5) is 2.34. The molecule has 262 valence electrons. The fraction of sp³-hybridized carbons (Fsp3) is 0. The number of rotatable bonds is 6. The Bertz CT molecular complexity index is 3230. The molecule has 0 amide bonds. The minimum absolute atomic E-state index is 1.10. The van der Waals surface area contributed by atoms with Gasteiger partial charge in [-0.1, -0.05) is 158 Å². The van der Waals surface area contributed by atoms with E-state index in [0.29, 0.717) is 0 Å². The maximum Gasteiger partial charge on any atom is 0.0547 e. The molecular formula is C54H36N2. The zero-order chi connectivity index (χ0) is 37.0. The molecule has 0 aliphatic carbocycles. The smallest absolute Gasteiger partial charge is 0.0547 e. The van der Waals surface area contributed by atoms with Gasteiger partial charge in [0.05, 0.1) is 16.7 Å². The summed E-state index contributed by atoms with van der Waals surface area (Å²) in [7, 11) is 0. The van der Waals surface area contributed by atoms with Gasteiger partial charge in [0.1, 0.15) is 0 Å². The van der Waals surface area contributed by atoms with E-state index in [1.165, 1.54) is 82.1 Å². The molecule has 11 aromatic rings. The Morgan fingerprint density at radius 2 is 0.839 bits per heavy atom. The van der Waals surface area contributed by atoms with Crippen LogP contribution in [0, 0.1) is 0 Å². The number of hydrogen-bond acceptors (Lipinski definition) is 1. The van der Waals surface area contributed by atoms with Gasteiger partial charge in [-0.15, -0.1) is 0 Å². The monoisotopic (exact) mass is 712 g/mol. The minimum atomic E-state index is 1.10. The lowest BCUT2D eigenvalue weighted by atomic mass is 9.93. The molecule has 0 saturated heterocycles. The zero-order valence-corrected chi connectivity index (χ0v) is 30.7. The zero-order valence-electron chi connectivity index (χ0n) is 30.7. The third kappa shape index (κ3) is 5.19. The molecule has 56 heavy (non-hydrogen) atoms. The third-order valence-electron chi connectivity index (χ3n) is 11.4. The molecule has 0 aliphatic rings. The van der Waals surface area contributed by atoms with E-state index in [2.05, 4.69) is 228 Å². The van der Waals surface area contributed by atoms with Crippen LogP contribution in [0.15, 0.2) is 218 Å². The van der Waals surface area contributed by atoms with Crippen molar-refractivity contribution >= 4 is 71.2 Å².